The van der Waals surface area contributed by atoms with Gasteiger partial charge in [-0.05, 0) is 25.7 Å². The predicted molar refractivity (Wildman–Crippen MR) is 63.6 cm³/mol. The van der Waals surface area contributed by atoms with Crippen LogP contribution in [0.4, 0.5) is 0 Å². The summed E-state index contributed by atoms with van der Waals surface area (Å²) in [5, 5.41) is 8.59. The fraction of sp³-hybridized carbons (Fsp3) is 0.833. The Morgan fingerprint density at radius 2 is 2.29 bits per heavy atom. The molecule has 94 valence electrons. The first-order valence-corrected chi connectivity index (χ1v) is 6.44. The third-order valence-corrected chi connectivity index (χ3v) is 4.24. The minimum Gasteiger partial charge on any atom is -0.378 e. The van der Waals surface area contributed by atoms with Crippen LogP contribution in [0.15, 0.2) is 0 Å². The molecule has 0 saturated heterocycles. The van der Waals surface area contributed by atoms with E-state index in [4.69, 9.17) is 10.5 Å². The SMILES string of the molecule is COC1(Cc2nnc3n2CC(N)CC3)CCC1. The third kappa shape index (κ3) is 1.87. The van der Waals surface area contributed by atoms with Gasteiger partial charge in [-0.3, -0.25) is 0 Å². The van der Waals surface area contributed by atoms with Crippen LogP contribution >= 0.6 is 0 Å². The Labute approximate surface area is 101 Å². The van der Waals surface area contributed by atoms with Gasteiger partial charge in [0.05, 0.1) is 5.60 Å². The van der Waals surface area contributed by atoms with E-state index in [9.17, 15) is 0 Å². The Morgan fingerprint density at radius 3 is 2.94 bits per heavy atom. The van der Waals surface area contributed by atoms with Crippen molar-refractivity contribution in [2.24, 2.45) is 5.73 Å². The van der Waals surface area contributed by atoms with Gasteiger partial charge in [0, 0.05) is 32.5 Å². The van der Waals surface area contributed by atoms with E-state index in [0.29, 0.717) is 0 Å². The summed E-state index contributed by atoms with van der Waals surface area (Å²) in [6.07, 6.45) is 6.38. The Balaban J connectivity index is 1.82. The number of aryl methyl sites for hydroxylation is 1. The van der Waals surface area contributed by atoms with Crippen molar-refractivity contribution in [3.8, 4) is 0 Å². The molecule has 5 heteroatoms. The second-order valence-electron chi connectivity index (χ2n) is 5.36. The summed E-state index contributed by atoms with van der Waals surface area (Å²) in [4.78, 5) is 0. The van der Waals surface area contributed by atoms with E-state index in [1.807, 2.05) is 0 Å². The Bertz CT molecular complexity index is 405. The first kappa shape index (κ1) is 11.2. The van der Waals surface area contributed by atoms with Crippen LogP contribution in [0.3, 0.4) is 0 Å². The molecule has 1 aliphatic heterocycles. The molecule has 2 N–H and O–H groups in total. The van der Waals surface area contributed by atoms with E-state index in [0.717, 1.165) is 50.3 Å². The van der Waals surface area contributed by atoms with Gasteiger partial charge in [0.2, 0.25) is 0 Å². The van der Waals surface area contributed by atoms with Crippen molar-refractivity contribution >= 4 is 0 Å². The van der Waals surface area contributed by atoms with Gasteiger partial charge in [0.15, 0.2) is 0 Å². The van der Waals surface area contributed by atoms with Gasteiger partial charge < -0.3 is 15.0 Å². The molecule has 3 rings (SSSR count). The number of aromatic nitrogens is 3. The van der Waals surface area contributed by atoms with Crippen LogP contribution in [-0.4, -0.2) is 33.5 Å². The minimum atomic E-state index is 0.0192. The van der Waals surface area contributed by atoms with E-state index < -0.39 is 0 Å². The number of rotatable bonds is 3. The normalized spacial score (nSPS) is 26.4. The van der Waals surface area contributed by atoms with Crippen molar-refractivity contribution in [1.29, 1.82) is 0 Å². The fourth-order valence-electron chi connectivity index (χ4n) is 2.85. The van der Waals surface area contributed by atoms with Crippen LogP contribution in [0.2, 0.25) is 0 Å². The summed E-state index contributed by atoms with van der Waals surface area (Å²) in [6, 6.07) is 0.247. The van der Waals surface area contributed by atoms with E-state index in [2.05, 4.69) is 14.8 Å². The Hall–Kier alpha value is -0.940. The van der Waals surface area contributed by atoms with Gasteiger partial charge in [-0.15, -0.1) is 10.2 Å². The van der Waals surface area contributed by atoms with E-state index in [1.54, 1.807) is 7.11 Å². The van der Waals surface area contributed by atoms with Crippen LogP contribution in [0.5, 0.6) is 0 Å². The van der Waals surface area contributed by atoms with Crippen molar-refractivity contribution in [3.63, 3.8) is 0 Å². The van der Waals surface area contributed by atoms with Gasteiger partial charge in [-0.2, -0.15) is 0 Å². The molecule has 1 aromatic heterocycles. The van der Waals surface area contributed by atoms with Gasteiger partial charge >= 0.3 is 0 Å². The van der Waals surface area contributed by atoms with E-state index >= 15 is 0 Å². The third-order valence-electron chi connectivity index (χ3n) is 4.24. The fourth-order valence-corrected chi connectivity index (χ4v) is 2.85. The van der Waals surface area contributed by atoms with Crippen molar-refractivity contribution < 1.29 is 4.74 Å². The molecule has 0 spiro atoms. The topological polar surface area (TPSA) is 66.0 Å². The molecule has 2 heterocycles. The highest BCUT2D eigenvalue weighted by atomic mass is 16.5. The maximum Gasteiger partial charge on any atom is 0.135 e. The van der Waals surface area contributed by atoms with E-state index in [1.165, 1.54) is 6.42 Å². The first-order chi connectivity index (χ1) is 8.22. The van der Waals surface area contributed by atoms with Gasteiger partial charge in [-0.1, -0.05) is 0 Å². The van der Waals surface area contributed by atoms with Crippen LogP contribution in [0.25, 0.3) is 0 Å². The van der Waals surface area contributed by atoms with Crippen LogP contribution in [0.1, 0.15) is 37.3 Å². The summed E-state index contributed by atoms with van der Waals surface area (Å²) in [5.41, 5.74) is 6.03. The zero-order chi connectivity index (χ0) is 11.9. The smallest absolute Gasteiger partial charge is 0.135 e. The average molecular weight is 236 g/mol. The second kappa shape index (κ2) is 4.07. The molecule has 17 heavy (non-hydrogen) atoms. The average Bonchev–Trinajstić information content (AvgIpc) is 2.66. The molecule has 1 fully saturated rings. The number of hydrogen-bond acceptors (Lipinski definition) is 4. The number of ether oxygens (including phenoxy) is 1. The van der Waals surface area contributed by atoms with Crippen LogP contribution < -0.4 is 5.73 Å². The van der Waals surface area contributed by atoms with Crippen molar-refractivity contribution in [2.75, 3.05) is 7.11 Å². The molecule has 1 saturated carbocycles. The number of nitrogens with zero attached hydrogens (tertiary/aromatic N) is 3. The molecule has 0 bridgehead atoms. The maximum absolute atomic E-state index is 6.01. The summed E-state index contributed by atoms with van der Waals surface area (Å²) >= 11 is 0. The molecule has 0 radical (unpaired) electrons. The zero-order valence-electron chi connectivity index (χ0n) is 10.4. The van der Waals surface area contributed by atoms with Gasteiger partial charge in [0.25, 0.3) is 0 Å². The Morgan fingerprint density at radius 1 is 1.47 bits per heavy atom. The van der Waals surface area contributed by atoms with Crippen molar-refractivity contribution in [2.45, 2.75) is 56.7 Å². The lowest BCUT2D eigenvalue weighted by atomic mass is 9.77. The molecular weight excluding hydrogens is 216 g/mol. The molecule has 0 amide bonds. The molecular formula is C12H20N4O. The molecule has 1 aromatic rings. The zero-order valence-corrected chi connectivity index (χ0v) is 10.4. The molecule has 1 aliphatic carbocycles. The monoisotopic (exact) mass is 236 g/mol. The molecule has 1 atom stereocenters. The summed E-state index contributed by atoms with van der Waals surface area (Å²) in [5.74, 6) is 2.14. The lowest BCUT2D eigenvalue weighted by Crippen LogP contribution is -2.42. The molecule has 5 nitrogen and oxygen atoms in total. The van der Waals surface area contributed by atoms with E-state index in [-0.39, 0.29) is 11.6 Å². The minimum absolute atomic E-state index is 0.0192. The highest BCUT2D eigenvalue weighted by molar-refractivity contribution is 5.06. The quantitative estimate of drug-likeness (QED) is 0.837. The van der Waals surface area contributed by atoms with Gasteiger partial charge in [0.1, 0.15) is 11.6 Å². The highest BCUT2D eigenvalue weighted by Crippen LogP contribution is 2.37. The molecule has 0 aromatic carbocycles. The lowest BCUT2D eigenvalue weighted by molar-refractivity contribution is -0.0727. The number of fused-ring (bicyclic) bond motifs is 1. The van der Waals surface area contributed by atoms with Crippen molar-refractivity contribution in [1.82, 2.24) is 14.8 Å². The summed E-state index contributed by atoms with van der Waals surface area (Å²) < 4.78 is 7.85. The highest BCUT2D eigenvalue weighted by Gasteiger charge is 2.39. The largest absolute Gasteiger partial charge is 0.378 e. The van der Waals surface area contributed by atoms with Crippen LogP contribution in [-0.2, 0) is 24.1 Å². The lowest BCUT2D eigenvalue weighted by Gasteiger charge is -2.40. The summed E-state index contributed by atoms with van der Waals surface area (Å²) in [7, 11) is 1.80. The number of methoxy groups -OCH3 is 1. The molecule has 1 unspecified atom stereocenters. The molecule has 2 aliphatic rings. The Kier molecular flexibility index (Phi) is 2.67. The first-order valence-electron chi connectivity index (χ1n) is 6.44. The second-order valence-corrected chi connectivity index (χ2v) is 5.36. The standard InChI is InChI=1S/C12H20N4O/c1-17-12(5-2-6-12)7-11-15-14-10-4-3-9(13)8-16(10)11/h9H,2-8,13H2,1H3. The van der Waals surface area contributed by atoms with Crippen molar-refractivity contribution in [3.05, 3.63) is 11.6 Å². The predicted octanol–water partition coefficient (Wildman–Crippen LogP) is 0.663. The number of hydrogen-bond donors (Lipinski definition) is 1. The van der Waals surface area contributed by atoms with Crippen LogP contribution in [0, 0.1) is 0 Å². The maximum atomic E-state index is 6.01. The van der Waals surface area contributed by atoms with Gasteiger partial charge in [-0.25, -0.2) is 0 Å². The summed E-state index contributed by atoms with van der Waals surface area (Å²) in [6.45, 7) is 0.859. The number of nitrogens with two attached hydrogens (primary N) is 1.